The van der Waals surface area contributed by atoms with Gasteiger partial charge in [0.2, 0.25) is 0 Å². The third kappa shape index (κ3) is 6.26. The van der Waals surface area contributed by atoms with E-state index in [-0.39, 0.29) is 11.5 Å². The van der Waals surface area contributed by atoms with E-state index >= 15 is 0 Å². The quantitative estimate of drug-likeness (QED) is 0.412. The van der Waals surface area contributed by atoms with Crippen LogP contribution >= 0.6 is 0 Å². The van der Waals surface area contributed by atoms with E-state index < -0.39 is 30.5 Å². The summed E-state index contributed by atoms with van der Waals surface area (Å²) >= 11 is 0. The number of esters is 1. The van der Waals surface area contributed by atoms with Gasteiger partial charge in [-0.25, -0.2) is 0 Å². The van der Waals surface area contributed by atoms with Gasteiger partial charge < -0.3 is 9.64 Å². The van der Waals surface area contributed by atoms with Crippen LogP contribution in [0.5, 0.6) is 0 Å². The number of carbonyl (C=O) groups is 2. The van der Waals surface area contributed by atoms with Gasteiger partial charge in [0.1, 0.15) is 6.54 Å². The molecule has 0 N–H and O–H groups in total. The molecule has 0 atom stereocenters. The van der Waals surface area contributed by atoms with Gasteiger partial charge in [-0.05, 0) is 18.8 Å². The zero-order valence-corrected chi connectivity index (χ0v) is 12.0. The lowest BCUT2D eigenvalue weighted by molar-refractivity contribution is -0.274. The first kappa shape index (κ1) is 19.6. The van der Waals surface area contributed by atoms with Crippen molar-refractivity contribution in [3.63, 3.8) is 0 Å². The molecule has 0 aliphatic carbocycles. The van der Waals surface area contributed by atoms with Crippen LogP contribution in [0.3, 0.4) is 0 Å². The molecule has 124 valence electrons. The van der Waals surface area contributed by atoms with E-state index in [1.54, 1.807) is 0 Å². The number of ether oxygens (including phenoxy) is 1. The van der Waals surface area contributed by atoms with Crippen LogP contribution in [0.1, 0.15) is 26.7 Å². The number of hydrogen-bond donors (Lipinski definition) is 0. The molecule has 0 aliphatic rings. The molecule has 0 rings (SSSR count). The van der Waals surface area contributed by atoms with Gasteiger partial charge >= 0.3 is 24.0 Å². The van der Waals surface area contributed by atoms with Gasteiger partial charge in [-0.3, -0.25) is 9.59 Å². The lowest BCUT2D eigenvalue weighted by Crippen LogP contribution is -2.52. The molecule has 0 bridgehead atoms. The summed E-state index contributed by atoms with van der Waals surface area (Å²) in [4.78, 5) is 22.2. The van der Waals surface area contributed by atoms with Gasteiger partial charge in [0, 0.05) is 7.05 Å². The number of nitrogens with zero attached hydrogens (tertiary/aromatic N) is 1. The van der Waals surface area contributed by atoms with Crippen molar-refractivity contribution in [2.45, 2.75) is 38.8 Å². The molecule has 0 spiro atoms. The van der Waals surface area contributed by atoms with Crippen molar-refractivity contribution in [3.8, 4) is 0 Å². The van der Waals surface area contributed by atoms with Crippen LogP contribution in [0.4, 0.5) is 22.0 Å². The smallest absolute Gasteiger partial charge is 0.463 e. The zero-order valence-electron chi connectivity index (χ0n) is 12.0. The van der Waals surface area contributed by atoms with E-state index in [4.69, 9.17) is 0 Å². The molecular weight excluding hydrogens is 301 g/mol. The lowest BCUT2D eigenvalue weighted by Gasteiger charge is -2.24. The average Bonchev–Trinajstić information content (AvgIpc) is 2.31. The molecule has 21 heavy (non-hydrogen) atoms. The highest BCUT2D eigenvalue weighted by atomic mass is 19.4. The third-order valence-electron chi connectivity index (χ3n) is 2.53. The fourth-order valence-corrected chi connectivity index (χ4v) is 1.35. The van der Waals surface area contributed by atoms with Gasteiger partial charge in [0.15, 0.2) is 0 Å². The fourth-order valence-electron chi connectivity index (χ4n) is 1.35. The van der Waals surface area contributed by atoms with Crippen LogP contribution in [-0.4, -0.2) is 49.1 Å². The highest BCUT2D eigenvalue weighted by Gasteiger charge is 2.64. The second kappa shape index (κ2) is 7.56. The summed E-state index contributed by atoms with van der Waals surface area (Å²) in [7, 11) is 0.678. The van der Waals surface area contributed by atoms with E-state index in [9.17, 15) is 31.5 Å². The van der Waals surface area contributed by atoms with E-state index in [1.165, 1.54) is 0 Å². The van der Waals surface area contributed by atoms with Crippen LogP contribution in [0, 0.1) is 5.92 Å². The Hall–Kier alpha value is -1.41. The second-order valence-electron chi connectivity index (χ2n) is 4.99. The van der Waals surface area contributed by atoms with Crippen molar-refractivity contribution in [1.29, 1.82) is 0 Å². The number of carbonyl (C=O) groups excluding carboxylic acids is 2. The van der Waals surface area contributed by atoms with Crippen molar-refractivity contribution in [2.75, 3.05) is 20.2 Å². The Morgan fingerprint density at radius 1 is 1.14 bits per heavy atom. The van der Waals surface area contributed by atoms with Crippen LogP contribution in [0.15, 0.2) is 0 Å². The second-order valence-corrected chi connectivity index (χ2v) is 4.99. The molecular formula is C12H18F5NO3. The summed E-state index contributed by atoms with van der Waals surface area (Å²) in [5.74, 6) is -8.67. The molecule has 0 heterocycles. The van der Waals surface area contributed by atoms with E-state index in [0.717, 1.165) is 6.42 Å². The van der Waals surface area contributed by atoms with E-state index in [0.29, 0.717) is 19.4 Å². The van der Waals surface area contributed by atoms with Gasteiger partial charge in [0.25, 0.3) is 0 Å². The van der Waals surface area contributed by atoms with E-state index in [1.807, 2.05) is 13.8 Å². The molecule has 4 nitrogen and oxygen atoms in total. The number of rotatable bonds is 7. The van der Waals surface area contributed by atoms with Crippen LogP contribution in [0.25, 0.3) is 0 Å². The summed E-state index contributed by atoms with van der Waals surface area (Å²) in [6, 6.07) is 0. The molecule has 0 radical (unpaired) electrons. The molecule has 1 amide bonds. The number of alkyl halides is 5. The molecule has 0 aromatic rings. The van der Waals surface area contributed by atoms with E-state index in [2.05, 4.69) is 4.74 Å². The maximum absolute atomic E-state index is 12.8. The molecule has 0 aromatic carbocycles. The van der Waals surface area contributed by atoms with Crippen molar-refractivity contribution >= 4 is 11.9 Å². The molecule has 9 heteroatoms. The van der Waals surface area contributed by atoms with Gasteiger partial charge in [-0.2, -0.15) is 22.0 Å². The largest absolute Gasteiger partial charge is 0.464 e. The van der Waals surface area contributed by atoms with Crippen molar-refractivity contribution < 1.29 is 36.3 Å². The predicted molar refractivity (Wildman–Crippen MR) is 63.7 cm³/mol. The molecule has 0 saturated heterocycles. The molecule has 0 aromatic heterocycles. The van der Waals surface area contributed by atoms with Crippen molar-refractivity contribution in [2.24, 2.45) is 5.92 Å². The van der Waals surface area contributed by atoms with Crippen molar-refractivity contribution in [1.82, 2.24) is 4.90 Å². The Labute approximate surface area is 119 Å². The molecule has 0 aliphatic heterocycles. The summed E-state index contributed by atoms with van der Waals surface area (Å²) in [5, 5.41) is 0. The minimum Gasteiger partial charge on any atom is -0.464 e. The monoisotopic (exact) mass is 319 g/mol. The lowest BCUT2D eigenvalue weighted by atomic mass is 10.1. The van der Waals surface area contributed by atoms with Gasteiger partial charge in [0.05, 0.1) is 6.61 Å². The Morgan fingerprint density at radius 2 is 1.67 bits per heavy atom. The van der Waals surface area contributed by atoms with Gasteiger partial charge in [-0.1, -0.05) is 13.8 Å². The Morgan fingerprint density at radius 3 is 2.10 bits per heavy atom. The topological polar surface area (TPSA) is 46.6 Å². The molecule has 0 saturated carbocycles. The normalized spacial score (nSPS) is 12.4. The number of amides is 1. The molecule has 0 unspecified atom stereocenters. The number of halogens is 5. The number of hydrogen-bond acceptors (Lipinski definition) is 3. The summed E-state index contributed by atoms with van der Waals surface area (Å²) in [6.07, 6.45) is -4.69. The van der Waals surface area contributed by atoms with Gasteiger partial charge in [-0.15, -0.1) is 0 Å². The fraction of sp³-hybridized carbons (Fsp3) is 0.833. The zero-order chi connectivity index (χ0) is 16.8. The Kier molecular flexibility index (Phi) is 7.05. The highest BCUT2D eigenvalue weighted by Crippen LogP contribution is 2.36. The first-order chi connectivity index (χ1) is 9.39. The van der Waals surface area contributed by atoms with Crippen LogP contribution in [-0.2, 0) is 14.3 Å². The summed E-state index contributed by atoms with van der Waals surface area (Å²) in [5.41, 5.74) is 0. The Bertz CT molecular complexity index is 368. The Balaban J connectivity index is 4.33. The van der Waals surface area contributed by atoms with Crippen LogP contribution in [0.2, 0.25) is 0 Å². The minimum absolute atomic E-state index is 0.00172. The number of likely N-dealkylation sites (N-methyl/N-ethyl adjacent to an activating group) is 1. The highest BCUT2D eigenvalue weighted by molar-refractivity contribution is 5.87. The third-order valence-corrected chi connectivity index (χ3v) is 2.53. The SMILES string of the molecule is CC(C)CCCOC(=O)CN(C)C(=O)C(F)(F)C(F)(F)F. The first-order valence-corrected chi connectivity index (χ1v) is 6.25. The average molecular weight is 319 g/mol. The first-order valence-electron chi connectivity index (χ1n) is 6.25. The predicted octanol–water partition coefficient (Wildman–Crippen LogP) is 2.62. The standard InChI is InChI=1S/C12H18F5NO3/c1-8(2)5-4-6-21-9(19)7-18(3)10(20)11(13,14)12(15,16)17/h8H,4-7H2,1-3H3. The van der Waals surface area contributed by atoms with Crippen LogP contribution < -0.4 is 0 Å². The minimum atomic E-state index is -6.00. The van der Waals surface area contributed by atoms with Crippen molar-refractivity contribution in [3.05, 3.63) is 0 Å². The maximum atomic E-state index is 12.8. The maximum Gasteiger partial charge on any atom is 0.463 e. The molecule has 0 fully saturated rings. The summed E-state index contributed by atoms with van der Waals surface area (Å²) in [6.45, 7) is 2.96. The summed E-state index contributed by atoms with van der Waals surface area (Å²) < 4.78 is 66.1.